The fraction of sp³-hybridized carbons (Fsp3) is 0.400. The Morgan fingerprint density at radius 3 is 2.72 bits per heavy atom. The van der Waals surface area contributed by atoms with Crippen LogP contribution in [0.5, 0.6) is 0 Å². The molecule has 2 aromatic heterocycles. The summed E-state index contributed by atoms with van der Waals surface area (Å²) >= 11 is 1.80. The molecular weight excluding hydrogens is 418 g/mol. The number of hydrogen-bond acceptors (Lipinski definition) is 6. The van der Waals surface area contributed by atoms with Gasteiger partial charge in [0.25, 0.3) is 0 Å². The quantitative estimate of drug-likeness (QED) is 0.607. The first-order valence-corrected chi connectivity index (χ1v) is 12.2. The Bertz CT molecular complexity index is 1130. The summed E-state index contributed by atoms with van der Waals surface area (Å²) in [6, 6.07) is 11.1. The molecule has 7 heteroatoms. The first-order chi connectivity index (χ1) is 15.6. The molecule has 6 nitrogen and oxygen atoms in total. The van der Waals surface area contributed by atoms with E-state index in [-0.39, 0.29) is 18.0 Å². The van der Waals surface area contributed by atoms with E-state index in [1.54, 1.807) is 23.7 Å². The number of hydrogen-bond donors (Lipinski definition) is 0. The molecule has 0 saturated carbocycles. The van der Waals surface area contributed by atoms with Crippen LogP contribution in [0.15, 0.2) is 54.2 Å². The molecule has 3 aromatic rings. The van der Waals surface area contributed by atoms with Crippen molar-refractivity contribution in [3.05, 3.63) is 59.7 Å². The summed E-state index contributed by atoms with van der Waals surface area (Å²) in [5, 5.41) is 3.45. The number of benzene rings is 1. The van der Waals surface area contributed by atoms with E-state index in [4.69, 9.17) is 0 Å². The van der Waals surface area contributed by atoms with Crippen molar-refractivity contribution in [3.63, 3.8) is 0 Å². The molecule has 0 N–H and O–H groups in total. The van der Waals surface area contributed by atoms with Gasteiger partial charge in [0.05, 0.1) is 6.54 Å². The normalized spacial score (nSPS) is 22.2. The predicted octanol–water partition coefficient (Wildman–Crippen LogP) is 3.91. The number of aromatic nitrogens is 2. The van der Waals surface area contributed by atoms with Crippen LogP contribution in [-0.4, -0.2) is 70.5 Å². The van der Waals surface area contributed by atoms with Crippen molar-refractivity contribution in [3.8, 4) is 0 Å². The number of anilines is 1. The van der Waals surface area contributed by atoms with E-state index in [2.05, 4.69) is 69.3 Å². The van der Waals surface area contributed by atoms with Crippen LogP contribution in [0.4, 0.5) is 5.95 Å². The highest BCUT2D eigenvalue weighted by Gasteiger charge is 2.32. The maximum atomic E-state index is 13.1. The summed E-state index contributed by atoms with van der Waals surface area (Å²) in [4.78, 5) is 28.5. The standard InChI is InChI=1S/C25H29N5OS/c1-18-16-30(25-26-10-4-11-27-25)19(2)15-29(18)17-23(31)28-12-7-20(8-13-28)22-6-3-5-21-9-14-32-24(21)22/h3-7,9-11,14,18-19H,8,12-13,15-17H2,1-2H3/t18-,19+/m1/s1. The molecule has 166 valence electrons. The number of amides is 1. The molecule has 1 saturated heterocycles. The first-order valence-electron chi connectivity index (χ1n) is 11.3. The lowest BCUT2D eigenvalue weighted by atomic mass is 9.98. The van der Waals surface area contributed by atoms with E-state index in [0.717, 1.165) is 32.0 Å². The maximum absolute atomic E-state index is 13.1. The summed E-state index contributed by atoms with van der Waals surface area (Å²) < 4.78 is 1.35. The lowest BCUT2D eigenvalue weighted by Gasteiger charge is -2.44. The van der Waals surface area contributed by atoms with Gasteiger partial charge < -0.3 is 9.80 Å². The molecule has 4 heterocycles. The van der Waals surface area contributed by atoms with E-state index in [1.807, 2.05) is 11.0 Å². The summed E-state index contributed by atoms with van der Waals surface area (Å²) in [5.74, 6) is 0.991. The van der Waals surface area contributed by atoms with Crippen molar-refractivity contribution in [2.75, 3.05) is 37.6 Å². The van der Waals surface area contributed by atoms with Crippen molar-refractivity contribution in [2.24, 2.45) is 0 Å². The van der Waals surface area contributed by atoms with Crippen molar-refractivity contribution < 1.29 is 4.79 Å². The van der Waals surface area contributed by atoms with Gasteiger partial charge in [-0.3, -0.25) is 9.69 Å². The van der Waals surface area contributed by atoms with E-state index in [1.165, 1.54) is 21.2 Å². The molecule has 0 radical (unpaired) electrons. The van der Waals surface area contributed by atoms with Crippen LogP contribution in [-0.2, 0) is 4.79 Å². The monoisotopic (exact) mass is 447 g/mol. The molecule has 2 atom stereocenters. The Balaban J connectivity index is 1.21. The Morgan fingerprint density at radius 1 is 1.09 bits per heavy atom. The SMILES string of the molecule is C[C@@H]1CN(c2ncccn2)[C@@H](C)CN1CC(=O)N1CC=C(c2cccc3ccsc23)CC1. The van der Waals surface area contributed by atoms with Gasteiger partial charge in [0.1, 0.15) is 0 Å². The molecule has 0 bridgehead atoms. The van der Waals surface area contributed by atoms with Gasteiger partial charge in [-0.2, -0.15) is 0 Å². The zero-order valence-electron chi connectivity index (χ0n) is 18.6. The lowest BCUT2D eigenvalue weighted by molar-refractivity contribution is -0.132. The molecule has 1 amide bonds. The second-order valence-corrected chi connectivity index (χ2v) is 9.71. The molecule has 2 aliphatic rings. The molecule has 1 fully saturated rings. The van der Waals surface area contributed by atoms with E-state index in [9.17, 15) is 4.79 Å². The number of piperazine rings is 1. The zero-order chi connectivity index (χ0) is 22.1. The number of thiophene rings is 1. The Labute approximate surface area is 193 Å². The van der Waals surface area contributed by atoms with Gasteiger partial charge in [0.2, 0.25) is 11.9 Å². The largest absolute Gasteiger partial charge is 0.338 e. The van der Waals surface area contributed by atoms with Crippen LogP contribution in [0, 0.1) is 0 Å². The number of carbonyl (C=O) groups excluding carboxylic acids is 1. The second kappa shape index (κ2) is 9.00. The van der Waals surface area contributed by atoms with Gasteiger partial charge in [0, 0.05) is 55.4 Å². The minimum Gasteiger partial charge on any atom is -0.338 e. The highest BCUT2D eigenvalue weighted by Crippen LogP contribution is 2.32. The van der Waals surface area contributed by atoms with Crippen molar-refractivity contribution in [1.82, 2.24) is 19.8 Å². The zero-order valence-corrected chi connectivity index (χ0v) is 19.5. The first kappa shape index (κ1) is 21.1. The minimum absolute atomic E-state index is 0.220. The Hall–Kier alpha value is -2.77. The van der Waals surface area contributed by atoms with Crippen LogP contribution in [0.2, 0.25) is 0 Å². The fourth-order valence-electron chi connectivity index (χ4n) is 4.80. The Morgan fingerprint density at radius 2 is 1.94 bits per heavy atom. The second-order valence-electron chi connectivity index (χ2n) is 8.79. The van der Waals surface area contributed by atoms with Gasteiger partial charge in [0.15, 0.2) is 0 Å². The number of carbonyl (C=O) groups is 1. The van der Waals surface area contributed by atoms with Gasteiger partial charge >= 0.3 is 0 Å². The van der Waals surface area contributed by atoms with Crippen molar-refractivity contribution >= 4 is 38.9 Å². The highest BCUT2D eigenvalue weighted by molar-refractivity contribution is 7.17. The Kier molecular flexibility index (Phi) is 5.93. The van der Waals surface area contributed by atoms with Gasteiger partial charge in [-0.25, -0.2) is 9.97 Å². The van der Waals surface area contributed by atoms with Crippen LogP contribution >= 0.6 is 11.3 Å². The minimum atomic E-state index is 0.220. The summed E-state index contributed by atoms with van der Waals surface area (Å²) in [6.45, 7) is 7.98. The van der Waals surface area contributed by atoms with E-state index >= 15 is 0 Å². The van der Waals surface area contributed by atoms with Crippen molar-refractivity contribution in [1.29, 1.82) is 0 Å². The van der Waals surface area contributed by atoms with Gasteiger partial charge in [-0.05, 0) is 54.3 Å². The summed E-state index contributed by atoms with van der Waals surface area (Å²) in [7, 11) is 0. The lowest BCUT2D eigenvalue weighted by Crippen LogP contribution is -2.59. The topological polar surface area (TPSA) is 52.6 Å². The average Bonchev–Trinajstić information content (AvgIpc) is 3.31. The third-order valence-corrected chi connectivity index (χ3v) is 7.61. The van der Waals surface area contributed by atoms with E-state index < -0.39 is 0 Å². The van der Waals surface area contributed by atoms with Crippen LogP contribution < -0.4 is 4.90 Å². The predicted molar refractivity (Wildman–Crippen MR) is 131 cm³/mol. The van der Waals surface area contributed by atoms with E-state index in [0.29, 0.717) is 13.1 Å². The molecule has 1 aromatic carbocycles. The van der Waals surface area contributed by atoms with Gasteiger partial charge in [-0.15, -0.1) is 11.3 Å². The molecule has 0 aliphatic carbocycles. The molecule has 0 spiro atoms. The third-order valence-electron chi connectivity index (χ3n) is 6.65. The molecule has 32 heavy (non-hydrogen) atoms. The maximum Gasteiger partial charge on any atom is 0.237 e. The van der Waals surface area contributed by atoms with Crippen LogP contribution in [0.1, 0.15) is 25.8 Å². The van der Waals surface area contributed by atoms with Crippen LogP contribution in [0.25, 0.3) is 15.7 Å². The molecule has 5 rings (SSSR count). The smallest absolute Gasteiger partial charge is 0.237 e. The average molecular weight is 448 g/mol. The summed E-state index contributed by atoms with van der Waals surface area (Å²) in [6.07, 6.45) is 6.72. The molecular formula is C25H29N5OS. The molecule has 2 aliphatic heterocycles. The van der Waals surface area contributed by atoms with Crippen molar-refractivity contribution in [2.45, 2.75) is 32.4 Å². The van der Waals surface area contributed by atoms with Crippen LogP contribution in [0.3, 0.4) is 0 Å². The number of rotatable bonds is 4. The number of fused-ring (bicyclic) bond motifs is 1. The summed E-state index contributed by atoms with van der Waals surface area (Å²) in [5.41, 5.74) is 2.69. The van der Waals surface area contributed by atoms with Gasteiger partial charge in [-0.1, -0.05) is 24.3 Å². The third kappa shape index (κ3) is 4.14. The highest BCUT2D eigenvalue weighted by atomic mass is 32.1. The fourth-order valence-corrected chi connectivity index (χ4v) is 5.75. The molecule has 0 unspecified atom stereocenters. The number of nitrogens with zero attached hydrogens (tertiary/aromatic N) is 5.